The number of hydrogen-bond acceptors (Lipinski definition) is 6. The molecular formula is C26H27ClF2N4O4. The number of aromatic amines is 1. The summed E-state index contributed by atoms with van der Waals surface area (Å²) in [7, 11) is 1.51. The van der Waals surface area contributed by atoms with E-state index in [9.17, 15) is 13.6 Å². The predicted molar refractivity (Wildman–Crippen MR) is 135 cm³/mol. The van der Waals surface area contributed by atoms with Gasteiger partial charge in [-0.3, -0.25) is 9.78 Å². The number of amides is 1. The van der Waals surface area contributed by atoms with Crippen molar-refractivity contribution < 1.29 is 27.8 Å². The highest BCUT2D eigenvalue weighted by Gasteiger charge is 2.43. The number of para-hydroxylation sites is 1. The largest absolute Gasteiger partial charge is 0.493 e. The van der Waals surface area contributed by atoms with E-state index >= 15 is 0 Å². The summed E-state index contributed by atoms with van der Waals surface area (Å²) in [5.74, 6) is -2.53. The van der Waals surface area contributed by atoms with E-state index in [0.717, 1.165) is 5.69 Å². The van der Waals surface area contributed by atoms with Crippen LogP contribution in [0.25, 0.3) is 11.3 Å². The van der Waals surface area contributed by atoms with Crippen LogP contribution in [0.2, 0.25) is 5.02 Å². The standard InChI is InChI=1S/C26H27ClF2N4O4/c1-14-11-18-21(25(34)31-14)23(32-17-6-3-5-16(27)24(17)35-2)22(33-18)15-7-9-30-12-19(15)37-13-20-26(28,29)8-4-10-36-20/h3,5-7,9,12,14,20,32-33H,4,8,10-11,13H2,1-2H3,(H,31,34)/t14-,20+/m1/s1. The number of nitrogens with one attached hydrogen (secondary N) is 3. The summed E-state index contributed by atoms with van der Waals surface area (Å²) in [6.45, 7) is 1.84. The molecule has 0 radical (unpaired) electrons. The van der Waals surface area contributed by atoms with Crippen molar-refractivity contribution in [2.24, 2.45) is 0 Å². The minimum absolute atomic E-state index is 0.0705. The summed E-state index contributed by atoms with van der Waals surface area (Å²) in [6.07, 6.45) is 2.31. The van der Waals surface area contributed by atoms with E-state index in [1.807, 2.05) is 6.92 Å². The molecule has 2 aliphatic heterocycles. The number of benzene rings is 1. The zero-order valence-corrected chi connectivity index (χ0v) is 21.1. The summed E-state index contributed by atoms with van der Waals surface area (Å²) in [6, 6.07) is 6.88. The van der Waals surface area contributed by atoms with Crippen LogP contribution < -0.4 is 20.1 Å². The Kier molecular flexibility index (Phi) is 6.96. The van der Waals surface area contributed by atoms with Crippen molar-refractivity contribution in [2.45, 2.75) is 44.3 Å². The maximum Gasteiger partial charge on any atom is 0.277 e. The van der Waals surface area contributed by atoms with Gasteiger partial charge in [-0.05, 0) is 31.5 Å². The van der Waals surface area contributed by atoms with Crippen molar-refractivity contribution in [3.8, 4) is 22.8 Å². The predicted octanol–water partition coefficient (Wildman–Crippen LogP) is 5.35. The molecule has 0 saturated carbocycles. The topological polar surface area (TPSA) is 97.5 Å². The van der Waals surface area contributed by atoms with Gasteiger partial charge in [0.25, 0.3) is 11.8 Å². The van der Waals surface area contributed by atoms with E-state index in [0.29, 0.717) is 51.8 Å². The summed E-state index contributed by atoms with van der Waals surface area (Å²) in [4.78, 5) is 20.6. The van der Waals surface area contributed by atoms with Gasteiger partial charge in [0.15, 0.2) is 11.9 Å². The summed E-state index contributed by atoms with van der Waals surface area (Å²) >= 11 is 6.33. The molecule has 1 amide bonds. The Labute approximate surface area is 217 Å². The fraction of sp³-hybridized carbons (Fsp3) is 0.385. The van der Waals surface area contributed by atoms with Crippen molar-refractivity contribution in [1.29, 1.82) is 0 Å². The molecule has 0 aliphatic carbocycles. The van der Waals surface area contributed by atoms with Crippen LogP contribution in [0.3, 0.4) is 0 Å². The average Bonchev–Trinajstić information content (AvgIpc) is 3.21. The van der Waals surface area contributed by atoms with Crippen molar-refractivity contribution in [1.82, 2.24) is 15.3 Å². The van der Waals surface area contributed by atoms with Gasteiger partial charge < -0.3 is 29.8 Å². The molecule has 1 aromatic carbocycles. The van der Waals surface area contributed by atoms with Crippen LogP contribution in [0, 0.1) is 0 Å². The number of carbonyl (C=O) groups excluding carboxylic acids is 1. The Morgan fingerprint density at radius 3 is 2.95 bits per heavy atom. The third kappa shape index (κ3) is 4.95. The average molecular weight is 533 g/mol. The first-order chi connectivity index (χ1) is 17.8. The van der Waals surface area contributed by atoms with E-state index in [2.05, 4.69) is 20.6 Å². The van der Waals surface area contributed by atoms with Gasteiger partial charge in [-0.25, -0.2) is 8.78 Å². The Morgan fingerprint density at radius 2 is 2.16 bits per heavy atom. The lowest BCUT2D eigenvalue weighted by atomic mass is 10.0. The number of H-pyrrole nitrogens is 1. The number of pyridine rings is 1. The lowest BCUT2D eigenvalue weighted by Gasteiger charge is -2.31. The third-order valence-electron chi connectivity index (χ3n) is 6.51. The number of rotatable bonds is 7. The maximum absolute atomic E-state index is 14.3. The van der Waals surface area contributed by atoms with Crippen LogP contribution in [0.4, 0.5) is 20.2 Å². The fourth-order valence-electron chi connectivity index (χ4n) is 4.74. The molecule has 2 aromatic heterocycles. The summed E-state index contributed by atoms with van der Waals surface area (Å²) < 4.78 is 45.3. The Bertz CT molecular complexity index is 1320. The first kappa shape index (κ1) is 25.3. The second-order valence-electron chi connectivity index (χ2n) is 9.16. The van der Waals surface area contributed by atoms with Crippen LogP contribution in [-0.4, -0.2) is 54.3 Å². The molecule has 3 aromatic rings. The molecule has 11 heteroatoms. The zero-order chi connectivity index (χ0) is 26.2. The molecule has 8 nitrogen and oxygen atoms in total. The molecule has 0 unspecified atom stereocenters. The maximum atomic E-state index is 14.3. The highest BCUT2D eigenvalue weighted by Crippen LogP contribution is 2.43. The number of nitrogens with zero attached hydrogens (tertiary/aromatic N) is 1. The van der Waals surface area contributed by atoms with Crippen molar-refractivity contribution in [3.63, 3.8) is 0 Å². The van der Waals surface area contributed by atoms with E-state index in [1.165, 1.54) is 13.3 Å². The van der Waals surface area contributed by atoms with Crippen LogP contribution in [0.1, 0.15) is 35.8 Å². The van der Waals surface area contributed by atoms with Gasteiger partial charge in [0.1, 0.15) is 12.4 Å². The highest BCUT2D eigenvalue weighted by atomic mass is 35.5. The van der Waals surface area contributed by atoms with Gasteiger partial charge in [0, 0.05) is 42.9 Å². The highest BCUT2D eigenvalue weighted by molar-refractivity contribution is 6.32. The number of halogens is 3. The van der Waals surface area contributed by atoms with Crippen LogP contribution in [-0.2, 0) is 11.2 Å². The quantitative estimate of drug-likeness (QED) is 0.379. The van der Waals surface area contributed by atoms with E-state index in [1.54, 1.807) is 30.5 Å². The van der Waals surface area contributed by atoms with Crippen LogP contribution >= 0.6 is 11.6 Å². The molecule has 2 aliphatic rings. The Balaban J connectivity index is 1.56. The van der Waals surface area contributed by atoms with Gasteiger partial charge in [-0.2, -0.15) is 0 Å². The fourth-order valence-corrected chi connectivity index (χ4v) is 4.99. The van der Waals surface area contributed by atoms with Crippen LogP contribution in [0.5, 0.6) is 11.5 Å². The number of hydrogen-bond donors (Lipinski definition) is 3. The monoisotopic (exact) mass is 532 g/mol. The molecule has 5 rings (SSSR count). The SMILES string of the molecule is COc1c(Cl)cccc1Nc1c(-c2ccncc2OC[C@@H]2OCCCC2(F)F)[nH]c2c1C(=O)N[C@H](C)C2. The molecule has 196 valence electrons. The molecule has 37 heavy (non-hydrogen) atoms. The molecule has 2 atom stereocenters. The van der Waals surface area contributed by atoms with Gasteiger partial charge in [-0.1, -0.05) is 17.7 Å². The molecule has 3 N–H and O–H groups in total. The molecule has 1 fully saturated rings. The zero-order valence-electron chi connectivity index (χ0n) is 20.4. The number of anilines is 2. The van der Waals surface area contributed by atoms with Gasteiger partial charge >= 0.3 is 0 Å². The summed E-state index contributed by atoms with van der Waals surface area (Å²) in [5, 5.41) is 6.67. The normalized spacial score (nSPS) is 20.6. The number of aromatic nitrogens is 2. The molecule has 4 heterocycles. The van der Waals surface area contributed by atoms with Gasteiger partial charge in [-0.15, -0.1) is 0 Å². The Hall–Kier alpha value is -3.37. The number of ether oxygens (including phenoxy) is 3. The van der Waals surface area contributed by atoms with E-state index in [4.69, 9.17) is 25.8 Å². The van der Waals surface area contributed by atoms with Gasteiger partial charge in [0.05, 0.1) is 41.0 Å². The van der Waals surface area contributed by atoms with Crippen LogP contribution in [0.15, 0.2) is 36.7 Å². The number of methoxy groups -OCH3 is 1. The van der Waals surface area contributed by atoms with Gasteiger partial charge in [0.2, 0.25) is 0 Å². The second kappa shape index (κ2) is 10.2. The van der Waals surface area contributed by atoms with E-state index in [-0.39, 0.29) is 37.3 Å². The first-order valence-corrected chi connectivity index (χ1v) is 12.4. The van der Waals surface area contributed by atoms with Crippen molar-refractivity contribution in [3.05, 3.63) is 52.9 Å². The Morgan fingerprint density at radius 1 is 1.32 bits per heavy atom. The molecule has 0 spiro atoms. The minimum atomic E-state index is -2.98. The number of fused-ring (bicyclic) bond motifs is 1. The number of carbonyl (C=O) groups is 1. The lowest BCUT2D eigenvalue weighted by Crippen LogP contribution is -2.44. The molecule has 1 saturated heterocycles. The molecule has 0 bridgehead atoms. The summed E-state index contributed by atoms with van der Waals surface area (Å²) in [5.41, 5.74) is 3.31. The number of alkyl halides is 2. The van der Waals surface area contributed by atoms with Crippen molar-refractivity contribution in [2.75, 3.05) is 25.6 Å². The molecular weight excluding hydrogens is 506 g/mol. The van der Waals surface area contributed by atoms with Crippen molar-refractivity contribution >= 4 is 28.9 Å². The van der Waals surface area contributed by atoms with E-state index < -0.39 is 12.0 Å². The third-order valence-corrected chi connectivity index (χ3v) is 6.81. The first-order valence-electron chi connectivity index (χ1n) is 12.0. The lowest BCUT2D eigenvalue weighted by molar-refractivity contribution is -0.180. The second-order valence-corrected chi connectivity index (χ2v) is 9.57. The smallest absolute Gasteiger partial charge is 0.277 e. The minimum Gasteiger partial charge on any atom is -0.493 e.